The number of nitrogens with zero attached hydrogens (tertiary/aromatic N) is 2. The molecular weight excluding hydrogens is 322 g/mol. The maximum absolute atomic E-state index is 13.7. The molecule has 0 radical (unpaired) electrons. The van der Waals surface area contributed by atoms with Crippen LogP contribution in [0.4, 0.5) is 8.78 Å². The topological polar surface area (TPSA) is 47.3 Å². The van der Waals surface area contributed by atoms with Crippen molar-refractivity contribution in [1.82, 2.24) is 9.55 Å². The number of hydrogen-bond acceptors (Lipinski definition) is 4. The first-order valence-corrected chi connectivity index (χ1v) is 8.50. The van der Waals surface area contributed by atoms with Gasteiger partial charge < -0.3 is 14.4 Å². The molecule has 1 saturated heterocycles. The average Bonchev–Trinajstić information content (AvgIpc) is 3.17. The van der Waals surface area contributed by atoms with E-state index in [4.69, 9.17) is 4.74 Å². The monoisotopic (exact) mass is 340 g/mol. The number of benzene rings is 1. The Kier molecular flexibility index (Phi) is 5.30. The molecule has 0 saturated carbocycles. The van der Waals surface area contributed by atoms with Crippen LogP contribution in [0.2, 0.25) is 0 Å². The van der Waals surface area contributed by atoms with E-state index in [2.05, 4.69) is 4.98 Å². The molecule has 1 N–H and O–H groups in total. The van der Waals surface area contributed by atoms with E-state index >= 15 is 0 Å². The van der Waals surface area contributed by atoms with E-state index in [1.54, 1.807) is 6.20 Å². The molecule has 2 heterocycles. The van der Waals surface area contributed by atoms with Crippen LogP contribution in [0.1, 0.15) is 24.1 Å². The fourth-order valence-corrected chi connectivity index (χ4v) is 3.65. The molecule has 0 unspecified atom stereocenters. The van der Waals surface area contributed by atoms with E-state index in [0.717, 1.165) is 19.4 Å². The third-order valence-electron chi connectivity index (χ3n) is 3.88. The van der Waals surface area contributed by atoms with E-state index in [0.29, 0.717) is 17.4 Å². The highest BCUT2D eigenvalue weighted by Gasteiger charge is 2.20. The molecule has 1 fully saturated rings. The molecule has 124 valence electrons. The maximum Gasteiger partial charge on any atom is 0.168 e. The number of aliphatic hydroxyl groups excluding tert-OH is 1. The summed E-state index contributed by atoms with van der Waals surface area (Å²) in [5, 5.41) is 10.1. The highest BCUT2D eigenvalue weighted by Crippen LogP contribution is 2.27. The molecule has 1 aliphatic rings. The molecule has 1 aromatic heterocycles. The summed E-state index contributed by atoms with van der Waals surface area (Å²) in [6.07, 6.45) is 3.68. The molecule has 1 aromatic carbocycles. The van der Waals surface area contributed by atoms with Gasteiger partial charge >= 0.3 is 0 Å². The minimum Gasteiger partial charge on any atom is -0.390 e. The first-order valence-electron chi connectivity index (χ1n) is 7.51. The summed E-state index contributed by atoms with van der Waals surface area (Å²) >= 11 is 1.25. The zero-order valence-electron chi connectivity index (χ0n) is 12.5. The van der Waals surface area contributed by atoms with Crippen molar-refractivity contribution in [2.45, 2.75) is 43.0 Å². The molecule has 0 bridgehead atoms. The second kappa shape index (κ2) is 7.42. The second-order valence-corrected chi connectivity index (χ2v) is 6.37. The van der Waals surface area contributed by atoms with Crippen LogP contribution in [-0.4, -0.2) is 27.4 Å². The van der Waals surface area contributed by atoms with Crippen molar-refractivity contribution in [3.05, 3.63) is 47.3 Å². The van der Waals surface area contributed by atoms with Crippen molar-refractivity contribution >= 4 is 11.8 Å². The largest absolute Gasteiger partial charge is 0.390 e. The van der Waals surface area contributed by atoms with Crippen LogP contribution in [0.25, 0.3) is 0 Å². The molecule has 0 spiro atoms. The van der Waals surface area contributed by atoms with Gasteiger partial charge in [-0.15, -0.1) is 0 Å². The standard InChI is InChI=1S/C16H18F2N2O2S/c17-14-4-1-5-15(18)13(14)10-23-16-19-7-11(9-21)20(16)8-12-3-2-6-22-12/h1,4-5,7,12,21H,2-3,6,8-10H2/t12-/m1/s1. The number of imidazole rings is 1. The SMILES string of the molecule is OCc1cnc(SCc2c(F)cccc2F)n1C[C@H]1CCCO1. The molecule has 1 aliphatic heterocycles. The molecule has 0 aliphatic carbocycles. The molecule has 23 heavy (non-hydrogen) atoms. The fourth-order valence-electron chi connectivity index (χ4n) is 2.63. The Hall–Kier alpha value is -1.44. The maximum atomic E-state index is 13.7. The van der Waals surface area contributed by atoms with Gasteiger partial charge in [0.15, 0.2) is 5.16 Å². The Morgan fingerprint density at radius 1 is 1.35 bits per heavy atom. The van der Waals surface area contributed by atoms with Gasteiger partial charge in [0.2, 0.25) is 0 Å². The average molecular weight is 340 g/mol. The number of hydrogen-bond donors (Lipinski definition) is 1. The van der Waals surface area contributed by atoms with Gasteiger partial charge in [-0.05, 0) is 25.0 Å². The molecule has 0 amide bonds. The zero-order chi connectivity index (χ0) is 16.2. The van der Waals surface area contributed by atoms with Crippen molar-refractivity contribution in [2.24, 2.45) is 0 Å². The van der Waals surface area contributed by atoms with E-state index in [1.807, 2.05) is 4.57 Å². The summed E-state index contributed by atoms with van der Waals surface area (Å²) in [5.74, 6) is -0.972. The number of rotatable bonds is 6. The van der Waals surface area contributed by atoms with Crippen LogP contribution in [0.15, 0.2) is 29.6 Å². The Balaban J connectivity index is 1.75. The van der Waals surface area contributed by atoms with Crippen LogP contribution in [0, 0.1) is 11.6 Å². The Bertz CT molecular complexity index is 652. The molecule has 1 atom stereocenters. The number of thioether (sulfide) groups is 1. The third kappa shape index (κ3) is 3.73. The van der Waals surface area contributed by atoms with Gasteiger partial charge in [-0.3, -0.25) is 0 Å². The molecule has 4 nitrogen and oxygen atoms in total. The van der Waals surface area contributed by atoms with Gasteiger partial charge in [-0.2, -0.15) is 0 Å². The van der Waals surface area contributed by atoms with Crippen molar-refractivity contribution in [2.75, 3.05) is 6.61 Å². The highest BCUT2D eigenvalue weighted by molar-refractivity contribution is 7.98. The molecule has 7 heteroatoms. The van der Waals surface area contributed by atoms with Crippen molar-refractivity contribution in [3.8, 4) is 0 Å². The van der Waals surface area contributed by atoms with Gasteiger partial charge in [0.25, 0.3) is 0 Å². The zero-order valence-corrected chi connectivity index (χ0v) is 13.4. The summed E-state index contributed by atoms with van der Waals surface area (Å²) in [6.45, 7) is 1.21. The number of ether oxygens (including phenoxy) is 1. The van der Waals surface area contributed by atoms with Gasteiger partial charge in [0, 0.05) is 17.9 Å². The first-order chi connectivity index (χ1) is 11.2. The summed E-state index contributed by atoms with van der Waals surface area (Å²) in [7, 11) is 0. The normalized spacial score (nSPS) is 17.8. The van der Waals surface area contributed by atoms with Crippen LogP contribution < -0.4 is 0 Å². The highest BCUT2D eigenvalue weighted by atomic mass is 32.2. The molecular formula is C16H18F2N2O2S. The van der Waals surface area contributed by atoms with Crippen molar-refractivity contribution in [3.63, 3.8) is 0 Å². The molecule has 2 aromatic rings. The third-order valence-corrected chi connectivity index (χ3v) is 4.90. The number of aliphatic hydroxyl groups is 1. The minimum atomic E-state index is -0.558. The Morgan fingerprint density at radius 3 is 2.78 bits per heavy atom. The Labute approximate surface area is 137 Å². The summed E-state index contributed by atoms with van der Waals surface area (Å²) in [4.78, 5) is 4.27. The lowest BCUT2D eigenvalue weighted by atomic mass is 10.2. The minimum absolute atomic E-state index is 0.0368. The van der Waals surface area contributed by atoms with Gasteiger partial charge in [-0.1, -0.05) is 17.8 Å². The number of aromatic nitrogens is 2. The van der Waals surface area contributed by atoms with Crippen LogP contribution in [-0.2, 0) is 23.6 Å². The lowest BCUT2D eigenvalue weighted by molar-refractivity contribution is 0.0930. The summed E-state index contributed by atoms with van der Waals surface area (Å²) < 4.78 is 34.9. The first kappa shape index (κ1) is 16.4. The van der Waals surface area contributed by atoms with Crippen molar-refractivity contribution < 1.29 is 18.6 Å². The lowest BCUT2D eigenvalue weighted by Gasteiger charge is -2.15. The van der Waals surface area contributed by atoms with E-state index in [-0.39, 0.29) is 24.0 Å². The van der Waals surface area contributed by atoms with Crippen molar-refractivity contribution in [1.29, 1.82) is 0 Å². The van der Waals surface area contributed by atoms with Crippen LogP contribution >= 0.6 is 11.8 Å². The smallest absolute Gasteiger partial charge is 0.168 e. The summed E-state index contributed by atoms with van der Waals surface area (Å²) in [5.41, 5.74) is 0.715. The fraction of sp³-hybridized carbons (Fsp3) is 0.438. The van der Waals surface area contributed by atoms with Crippen LogP contribution in [0.3, 0.4) is 0 Å². The van der Waals surface area contributed by atoms with Crippen LogP contribution in [0.5, 0.6) is 0 Å². The predicted octanol–water partition coefficient (Wildman–Crippen LogP) is 3.12. The van der Waals surface area contributed by atoms with E-state index in [9.17, 15) is 13.9 Å². The van der Waals surface area contributed by atoms with E-state index < -0.39 is 11.6 Å². The predicted molar refractivity (Wildman–Crippen MR) is 83.0 cm³/mol. The quantitative estimate of drug-likeness (QED) is 0.821. The Morgan fingerprint density at radius 2 is 2.13 bits per heavy atom. The van der Waals surface area contributed by atoms with Gasteiger partial charge in [-0.25, -0.2) is 13.8 Å². The second-order valence-electron chi connectivity index (χ2n) is 5.42. The van der Waals surface area contributed by atoms with E-state index in [1.165, 1.54) is 30.0 Å². The number of halogens is 2. The van der Waals surface area contributed by atoms with Gasteiger partial charge in [0.05, 0.1) is 31.1 Å². The lowest BCUT2D eigenvalue weighted by Crippen LogP contribution is -2.17. The molecule has 3 rings (SSSR count). The van der Waals surface area contributed by atoms with Gasteiger partial charge in [0.1, 0.15) is 11.6 Å². The summed E-state index contributed by atoms with van der Waals surface area (Å²) in [6, 6.07) is 3.84.